The Morgan fingerprint density at radius 1 is 0.938 bits per heavy atom. The summed E-state index contributed by atoms with van der Waals surface area (Å²) in [6.45, 7) is 4.25. The molecule has 84 valence electrons. The average Bonchev–Trinajstić information content (AvgIpc) is 2.61. The van der Waals surface area contributed by atoms with E-state index in [1.807, 2.05) is 36.7 Å². The molecule has 2 aromatic rings. The lowest BCUT2D eigenvalue weighted by Gasteiger charge is -2.06. The van der Waals surface area contributed by atoms with Gasteiger partial charge < -0.3 is 16.0 Å². The van der Waals surface area contributed by atoms with Gasteiger partial charge in [0.25, 0.3) is 0 Å². The van der Waals surface area contributed by atoms with Crippen LogP contribution in [0, 0.1) is 0 Å². The highest BCUT2D eigenvalue weighted by Crippen LogP contribution is 2.32. The van der Waals surface area contributed by atoms with E-state index in [4.69, 9.17) is 11.5 Å². The predicted octanol–water partition coefficient (Wildman–Crippen LogP) is 2.90. The lowest BCUT2D eigenvalue weighted by Crippen LogP contribution is -1.95. The smallest absolute Gasteiger partial charge is 0.0574 e. The molecule has 0 fully saturated rings. The summed E-state index contributed by atoms with van der Waals surface area (Å²) in [6, 6.07) is 8.18. The SMILES string of the molecule is CC(C)n1cc(N)c(-c2ccccc2N)c1. The molecule has 1 aromatic carbocycles. The van der Waals surface area contributed by atoms with Crippen molar-refractivity contribution in [1.29, 1.82) is 0 Å². The molecule has 1 heterocycles. The molecule has 0 spiro atoms. The summed E-state index contributed by atoms with van der Waals surface area (Å²) in [5.74, 6) is 0. The second kappa shape index (κ2) is 3.93. The van der Waals surface area contributed by atoms with Gasteiger partial charge in [-0.05, 0) is 19.9 Å². The molecule has 2 rings (SSSR count). The van der Waals surface area contributed by atoms with Crippen LogP contribution in [0.5, 0.6) is 0 Å². The Balaban J connectivity index is 2.52. The highest BCUT2D eigenvalue weighted by molar-refractivity contribution is 5.83. The Bertz CT molecular complexity index is 498. The molecular weight excluding hydrogens is 198 g/mol. The number of nitrogens with two attached hydrogens (primary N) is 2. The molecule has 0 atom stereocenters. The first-order valence-electron chi connectivity index (χ1n) is 5.41. The third kappa shape index (κ3) is 1.76. The Morgan fingerprint density at radius 3 is 2.19 bits per heavy atom. The summed E-state index contributed by atoms with van der Waals surface area (Å²) in [5.41, 5.74) is 15.5. The Morgan fingerprint density at radius 2 is 1.62 bits per heavy atom. The van der Waals surface area contributed by atoms with Crippen LogP contribution in [0.15, 0.2) is 36.7 Å². The van der Waals surface area contributed by atoms with Gasteiger partial charge in [0.1, 0.15) is 0 Å². The van der Waals surface area contributed by atoms with Gasteiger partial charge in [-0.1, -0.05) is 18.2 Å². The van der Waals surface area contributed by atoms with Crippen LogP contribution < -0.4 is 11.5 Å². The number of hydrogen-bond donors (Lipinski definition) is 2. The van der Waals surface area contributed by atoms with Crippen LogP contribution in [0.2, 0.25) is 0 Å². The van der Waals surface area contributed by atoms with Crippen molar-refractivity contribution in [2.24, 2.45) is 0 Å². The predicted molar refractivity (Wildman–Crippen MR) is 69.1 cm³/mol. The van der Waals surface area contributed by atoms with Crippen LogP contribution in [0.25, 0.3) is 11.1 Å². The van der Waals surface area contributed by atoms with Gasteiger partial charge in [-0.3, -0.25) is 0 Å². The molecule has 0 aliphatic carbocycles. The van der Waals surface area contributed by atoms with Gasteiger partial charge in [-0.15, -0.1) is 0 Å². The molecule has 0 unspecified atom stereocenters. The number of para-hydroxylation sites is 1. The van der Waals surface area contributed by atoms with E-state index in [1.54, 1.807) is 0 Å². The minimum Gasteiger partial charge on any atom is -0.398 e. The molecule has 16 heavy (non-hydrogen) atoms. The Hall–Kier alpha value is -1.90. The highest BCUT2D eigenvalue weighted by Gasteiger charge is 2.09. The van der Waals surface area contributed by atoms with Crippen LogP contribution in [-0.2, 0) is 0 Å². The van der Waals surface area contributed by atoms with Gasteiger partial charge in [0.05, 0.1) is 5.69 Å². The molecule has 1 aromatic heterocycles. The summed E-state index contributed by atoms with van der Waals surface area (Å²) < 4.78 is 2.09. The molecule has 0 amide bonds. The average molecular weight is 215 g/mol. The summed E-state index contributed by atoms with van der Waals surface area (Å²) in [5, 5.41) is 0. The second-order valence-electron chi connectivity index (χ2n) is 4.26. The largest absolute Gasteiger partial charge is 0.398 e. The molecule has 0 radical (unpaired) electrons. The van der Waals surface area contributed by atoms with E-state index in [0.29, 0.717) is 6.04 Å². The molecule has 3 heteroatoms. The van der Waals surface area contributed by atoms with Crippen molar-refractivity contribution < 1.29 is 0 Å². The summed E-state index contributed by atoms with van der Waals surface area (Å²) in [7, 11) is 0. The Kier molecular flexibility index (Phi) is 2.60. The van der Waals surface area contributed by atoms with E-state index in [-0.39, 0.29) is 0 Å². The van der Waals surface area contributed by atoms with Crippen molar-refractivity contribution in [3.8, 4) is 11.1 Å². The minimum absolute atomic E-state index is 0.404. The van der Waals surface area contributed by atoms with Gasteiger partial charge in [-0.2, -0.15) is 0 Å². The minimum atomic E-state index is 0.404. The maximum absolute atomic E-state index is 6.00. The summed E-state index contributed by atoms with van der Waals surface area (Å²) in [6.07, 6.45) is 4.00. The number of benzene rings is 1. The maximum Gasteiger partial charge on any atom is 0.0574 e. The van der Waals surface area contributed by atoms with E-state index >= 15 is 0 Å². The molecule has 0 saturated heterocycles. The van der Waals surface area contributed by atoms with Gasteiger partial charge >= 0.3 is 0 Å². The van der Waals surface area contributed by atoms with E-state index in [2.05, 4.69) is 18.4 Å². The lowest BCUT2D eigenvalue weighted by molar-refractivity contribution is 0.604. The topological polar surface area (TPSA) is 57.0 Å². The number of rotatable bonds is 2. The molecule has 0 aliphatic heterocycles. The van der Waals surface area contributed by atoms with Crippen molar-refractivity contribution in [3.63, 3.8) is 0 Å². The fraction of sp³-hybridized carbons (Fsp3) is 0.231. The highest BCUT2D eigenvalue weighted by atomic mass is 15.0. The van der Waals surface area contributed by atoms with Gasteiger partial charge in [0.15, 0.2) is 0 Å². The van der Waals surface area contributed by atoms with E-state index in [0.717, 1.165) is 22.5 Å². The van der Waals surface area contributed by atoms with Gasteiger partial charge in [-0.25, -0.2) is 0 Å². The zero-order valence-electron chi connectivity index (χ0n) is 9.64. The third-order valence-electron chi connectivity index (χ3n) is 2.72. The van der Waals surface area contributed by atoms with Crippen molar-refractivity contribution in [3.05, 3.63) is 36.7 Å². The first kappa shape index (κ1) is 10.6. The number of nitrogen functional groups attached to an aromatic ring is 2. The Labute approximate surface area is 95.7 Å². The number of nitrogens with zero attached hydrogens (tertiary/aromatic N) is 1. The van der Waals surface area contributed by atoms with E-state index in [1.165, 1.54) is 0 Å². The van der Waals surface area contributed by atoms with Crippen LogP contribution >= 0.6 is 0 Å². The number of hydrogen-bond acceptors (Lipinski definition) is 2. The van der Waals surface area contributed by atoms with Crippen LogP contribution in [0.1, 0.15) is 19.9 Å². The fourth-order valence-electron chi connectivity index (χ4n) is 1.76. The van der Waals surface area contributed by atoms with Crippen molar-refractivity contribution in [1.82, 2.24) is 4.57 Å². The van der Waals surface area contributed by atoms with Crippen molar-refractivity contribution in [2.45, 2.75) is 19.9 Å². The molecule has 0 aliphatic rings. The third-order valence-corrected chi connectivity index (χ3v) is 2.72. The molecule has 0 bridgehead atoms. The molecule has 3 nitrogen and oxygen atoms in total. The van der Waals surface area contributed by atoms with Crippen molar-refractivity contribution in [2.75, 3.05) is 11.5 Å². The van der Waals surface area contributed by atoms with Crippen LogP contribution in [-0.4, -0.2) is 4.57 Å². The van der Waals surface area contributed by atoms with Crippen LogP contribution in [0.4, 0.5) is 11.4 Å². The fourth-order valence-corrected chi connectivity index (χ4v) is 1.76. The zero-order chi connectivity index (χ0) is 11.7. The quantitative estimate of drug-likeness (QED) is 0.757. The summed E-state index contributed by atoms with van der Waals surface area (Å²) in [4.78, 5) is 0. The molecular formula is C13H17N3. The maximum atomic E-state index is 6.00. The first-order valence-corrected chi connectivity index (χ1v) is 5.41. The zero-order valence-corrected chi connectivity index (χ0v) is 9.64. The number of aromatic nitrogens is 1. The monoisotopic (exact) mass is 215 g/mol. The standard InChI is InChI=1S/C13H17N3/c1-9(2)16-7-11(13(15)8-16)10-5-3-4-6-12(10)14/h3-9H,14-15H2,1-2H3. The lowest BCUT2D eigenvalue weighted by atomic mass is 10.1. The van der Waals surface area contributed by atoms with E-state index < -0.39 is 0 Å². The van der Waals surface area contributed by atoms with E-state index in [9.17, 15) is 0 Å². The molecule has 0 saturated carbocycles. The first-order chi connectivity index (χ1) is 7.59. The van der Waals surface area contributed by atoms with Gasteiger partial charge in [0, 0.05) is 35.2 Å². The summed E-state index contributed by atoms with van der Waals surface area (Å²) >= 11 is 0. The van der Waals surface area contributed by atoms with Gasteiger partial charge in [0.2, 0.25) is 0 Å². The molecule has 4 N–H and O–H groups in total. The normalized spacial score (nSPS) is 10.9. The second-order valence-corrected chi connectivity index (χ2v) is 4.26. The van der Waals surface area contributed by atoms with Crippen LogP contribution in [0.3, 0.4) is 0 Å². The van der Waals surface area contributed by atoms with Crippen molar-refractivity contribution >= 4 is 11.4 Å². The number of anilines is 2.